The first-order valence-electron chi connectivity index (χ1n) is 8.97. The number of carbonyl (C=O) groups excluding carboxylic acids is 2. The number of cyclic esters (lactones) is 1. The Kier molecular flexibility index (Phi) is 7.09. The van der Waals surface area contributed by atoms with Crippen LogP contribution in [0.15, 0.2) is 12.2 Å². The van der Waals surface area contributed by atoms with Crippen molar-refractivity contribution in [2.24, 2.45) is 5.41 Å². The van der Waals surface area contributed by atoms with Gasteiger partial charge in [-0.2, -0.15) is 0 Å². The molecular weight excluding hydrogens is 308 g/mol. The smallest absolute Gasteiger partial charge is 0.410 e. The summed E-state index contributed by atoms with van der Waals surface area (Å²) in [5.74, 6) is -0.122. The molecule has 0 aromatic carbocycles. The number of amides is 1. The van der Waals surface area contributed by atoms with E-state index < -0.39 is 0 Å². The summed E-state index contributed by atoms with van der Waals surface area (Å²) < 4.78 is 11.0. The van der Waals surface area contributed by atoms with Crippen molar-refractivity contribution in [3.63, 3.8) is 0 Å². The molecule has 2 rings (SSSR count). The molecule has 1 unspecified atom stereocenters. The number of esters is 1. The van der Waals surface area contributed by atoms with Crippen LogP contribution in [0.3, 0.4) is 0 Å². The second kappa shape index (κ2) is 9.06. The molecule has 1 fully saturated rings. The highest BCUT2D eigenvalue weighted by Gasteiger charge is 2.32. The van der Waals surface area contributed by atoms with Crippen molar-refractivity contribution in [2.75, 3.05) is 32.8 Å². The molecule has 6 heteroatoms. The van der Waals surface area contributed by atoms with Crippen LogP contribution >= 0.6 is 0 Å². The summed E-state index contributed by atoms with van der Waals surface area (Å²) in [6.45, 7) is 7.62. The molecule has 0 aromatic heterocycles. The second-order valence-corrected chi connectivity index (χ2v) is 7.17. The molecule has 24 heavy (non-hydrogen) atoms. The van der Waals surface area contributed by atoms with Crippen molar-refractivity contribution in [1.29, 1.82) is 0 Å². The number of nitrogens with one attached hydrogen (secondary N) is 1. The number of piperazine rings is 1. The van der Waals surface area contributed by atoms with Gasteiger partial charge in [0.1, 0.15) is 6.10 Å². The first-order valence-corrected chi connectivity index (χ1v) is 8.97. The largest absolute Gasteiger partial charge is 0.465 e. The number of ether oxygens (including phenoxy) is 2. The first kappa shape index (κ1) is 18.8. The fraction of sp³-hybridized carbons (Fsp3) is 0.778. The van der Waals surface area contributed by atoms with Crippen LogP contribution in [-0.2, 0) is 14.3 Å². The fourth-order valence-electron chi connectivity index (χ4n) is 3.01. The molecule has 0 aliphatic carbocycles. The van der Waals surface area contributed by atoms with E-state index in [2.05, 4.69) is 19.2 Å². The molecule has 0 aromatic rings. The topological polar surface area (TPSA) is 67.9 Å². The van der Waals surface area contributed by atoms with E-state index in [-0.39, 0.29) is 23.6 Å². The number of hydrogen-bond acceptors (Lipinski definition) is 5. The predicted molar refractivity (Wildman–Crippen MR) is 91.7 cm³/mol. The van der Waals surface area contributed by atoms with E-state index >= 15 is 0 Å². The number of carbonyl (C=O) groups is 2. The van der Waals surface area contributed by atoms with Crippen LogP contribution in [-0.4, -0.2) is 55.9 Å². The van der Waals surface area contributed by atoms with E-state index in [1.165, 1.54) is 0 Å². The maximum Gasteiger partial charge on any atom is 0.410 e. The highest BCUT2D eigenvalue weighted by atomic mass is 16.6. The van der Waals surface area contributed by atoms with Crippen LogP contribution < -0.4 is 5.32 Å². The van der Waals surface area contributed by atoms with Gasteiger partial charge in [-0.3, -0.25) is 4.79 Å². The van der Waals surface area contributed by atoms with Gasteiger partial charge in [0.25, 0.3) is 0 Å². The normalized spacial score (nSPS) is 27.3. The number of hydrogen-bond donors (Lipinski definition) is 1. The third-order valence-electron chi connectivity index (χ3n) is 4.68. The Morgan fingerprint density at radius 1 is 1.33 bits per heavy atom. The summed E-state index contributed by atoms with van der Waals surface area (Å²) in [4.78, 5) is 25.7. The minimum Gasteiger partial charge on any atom is -0.465 e. The molecule has 1 amide bonds. The molecule has 1 atom stereocenters. The predicted octanol–water partition coefficient (Wildman–Crippen LogP) is 2.49. The van der Waals surface area contributed by atoms with Crippen LogP contribution in [0.25, 0.3) is 0 Å². The third kappa shape index (κ3) is 5.82. The Balaban J connectivity index is 2.01. The van der Waals surface area contributed by atoms with Gasteiger partial charge in [0.05, 0.1) is 6.61 Å². The zero-order chi connectivity index (χ0) is 17.4. The maximum absolute atomic E-state index is 12.4. The quantitative estimate of drug-likeness (QED) is 0.588. The number of nitrogens with zero attached hydrogens (tertiary/aromatic N) is 1. The molecule has 2 heterocycles. The lowest BCUT2D eigenvalue weighted by atomic mass is 9.81. The lowest BCUT2D eigenvalue weighted by Crippen LogP contribution is -2.48. The van der Waals surface area contributed by atoms with E-state index in [4.69, 9.17) is 9.47 Å². The first-order chi connectivity index (χ1) is 11.5. The molecule has 0 radical (unpaired) electrons. The van der Waals surface area contributed by atoms with Gasteiger partial charge in [0, 0.05) is 38.0 Å². The average molecular weight is 338 g/mol. The monoisotopic (exact) mass is 338 g/mol. The van der Waals surface area contributed by atoms with Crippen molar-refractivity contribution in [3.05, 3.63) is 12.2 Å². The minimum absolute atomic E-state index is 0.122. The zero-order valence-corrected chi connectivity index (χ0v) is 14.9. The summed E-state index contributed by atoms with van der Waals surface area (Å²) in [6.07, 6.45) is 7.12. The molecule has 0 bridgehead atoms. The molecular formula is C18H30N2O4. The molecule has 1 N–H and O–H groups in total. The molecule has 2 aliphatic heterocycles. The maximum atomic E-state index is 12.4. The van der Waals surface area contributed by atoms with Gasteiger partial charge in [-0.15, -0.1) is 0 Å². The van der Waals surface area contributed by atoms with E-state index in [1.807, 2.05) is 12.2 Å². The average Bonchev–Trinajstić information content (AvgIpc) is 2.57. The molecule has 6 nitrogen and oxygen atoms in total. The van der Waals surface area contributed by atoms with Crippen molar-refractivity contribution in [3.8, 4) is 0 Å². The SMILES string of the molecule is CC1(C)CCCCC(=O)OCC/C=C/C1OC(=O)N1CCNCC1. The highest BCUT2D eigenvalue weighted by Crippen LogP contribution is 2.32. The summed E-state index contributed by atoms with van der Waals surface area (Å²) in [5, 5.41) is 3.23. The zero-order valence-electron chi connectivity index (χ0n) is 14.9. The van der Waals surface area contributed by atoms with Gasteiger partial charge >= 0.3 is 12.1 Å². The van der Waals surface area contributed by atoms with Crippen LogP contribution in [0, 0.1) is 5.41 Å². The van der Waals surface area contributed by atoms with Gasteiger partial charge < -0.3 is 19.7 Å². The summed E-state index contributed by atoms with van der Waals surface area (Å²) >= 11 is 0. The standard InChI is InChI=1S/C18H30N2O4/c1-18(2)9-5-3-8-16(21)23-14-6-4-7-15(18)24-17(22)20-12-10-19-11-13-20/h4,7,15,19H,3,5-6,8-14H2,1-2H3/b7-4+. The van der Waals surface area contributed by atoms with E-state index in [9.17, 15) is 9.59 Å². The second-order valence-electron chi connectivity index (χ2n) is 7.17. The minimum atomic E-state index is -0.269. The number of rotatable bonds is 1. The molecule has 0 spiro atoms. The van der Waals surface area contributed by atoms with E-state index in [0.717, 1.165) is 32.4 Å². The molecule has 0 saturated carbocycles. The Bertz CT molecular complexity index is 456. The Morgan fingerprint density at radius 2 is 2.08 bits per heavy atom. The van der Waals surface area contributed by atoms with Crippen molar-refractivity contribution >= 4 is 12.1 Å². The third-order valence-corrected chi connectivity index (χ3v) is 4.68. The summed E-state index contributed by atoms with van der Waals surface area (Å²) in [5.41, 5.74) is -0.163. The van der Waals surface area contributed by atoms with Crippen LogP contribution in [0.2, 0.25) is 0 Å². The molecule has 2 aliphatic rings. The van der Waals surface area contributed by atoms with Crippen molar-refractivity contribution in [1.82, 2.24) is 10.2 Å². The molecule has 136 valence electrons. The lowest BCUT2D eigenvalue weighted by molar-refractivity contribution is -0.143. The summed E-state index contributed by atoms with van der Waals surface area (Å²) in [6, 6.07) is 0. The molecule has 1 saturated heterocycles. The van der Waals surface area contributed by atoms with E-state index in [0.29, 0.717) is 32.5 Å². The Hall–Kier alpha value is -1.56. The van der Waals surface area contributed by atoms with Gasteiger partial charge in [-0.1, -0.05) is 26.3 Å². The van der Waals surface area contributed by atoms with Crippen molar-refractivity contribution < 1.29 is 19.1 Å². The van der Waals surface area contributed by atoms with E-state index in [1.54, 1.807) is 4.90 Å². The fourth-order valence-corrected chi connectivity index (χ4v) is 3.01. The van der Waals surface area contributed by atoms with Crippen LogP contribution in [0.1, 0.15) is 46.0 Å². The van der Waals surface area contributed by atoms with Gasteiger partial charge in [0.2, 0.25) is 0 Å². The van der Waals surface area contributed by atoms with Crippen LogP contribution in [0.4, 0.5) is 4.79 Å². The van der Waals surface area contributed by atoms with Gasteiger partial charge in [-0.05, 0) is 25.3 Å². The highest BCUT2D eigenvalue weighted by molar-refractivity contribution is 5.69. The van der Waals surface area contributed by atoms with Gasteiger partial charge in [0.15, 0.2) is 0 Å². The Morgan fingerprint density at radius 3 is 2.83 bits per heavy atom. The van der Waals surface area contributed by atoms with Crippen LogP contribution in [0.5, 0.6) is 0 Å². The Labute approximate surface area is 144 Å². The van der Waals surface area contributed by atoms with Gasteiger partial charge in [-0.25, -0.2) is 4.79 Å². The lowest BCUT2D eigenvalue weighted by Gasteiger charge is -2.35. The van der Waals surface area contributed by atoms with Crippen molar-refractivity contribution in [2.45, 2.75) is 52.1 Å². The summed E-state index contributed by atoms with van der Waals surface area (Å²) in [7, 11) is 0.